The highest BCUT2D eigenvalue weighted by Crippen LogP contribution is 2.44. The number of hydrogen-bond donors (Lipinski definition) is 1. The van der Waals surface area contributed by atoms with Crippen molar-refractivity contribution in [3.05, 3.63) is 76.2 Å². The molecule has 2 aromatic carbocycles. The van der Waals surface area contributed by atoms with Crippen LogP contribution in [-0.4, -0.2) is 38.0 Å². The Morgan fingerprint density at radius 2 is 1.67 bits per heavy atom. The summed E-state index contributed by atoms with van der Waals surface area (Å²) < 4.78 is 122. The molecule has 0 aliphatic rings. The molecule has 39 heavy (non-hydrogen) atoms. The fourth-order valence-corrected chi connectivity index (χ4v) is 4.14. The number of rotatable bonds is 7. The highest BCUT2D eigenvalue weighted by molar-refractivity contribution is 7.92. The van der Waals surface area contributed by atoms with Crippen molar-refractivity contribution < 1.29 is 44.5 Å². The average molecular weight is 582 g/mol. The van der Waals surface area contributed by atoms with E-state index in [2.05, 4.69) is 0 Å². The number of ether oxygens (including phenoxy) is 1. The maximum absolute atomic E-state index is 14.0. The molecule has 3 rings (SSSR count). The molecule has 1 amide bonds. The molecule has 1 unspecified atom stereocenters. The summed E-state index contributed by atoms with van der Waals surface area (Å²) in [7, 11) is -2.00. The van der Waals surface area contributed by atoms with Gasteiger partial charge in [-0.05, 0) is 36.4 Å². The summed E-state index contributed by atoms with van der Waals surface area (Å²) in [5, 5.41) is 0. The van der Waals surface area contributed by atoms with E-state index in [0.29, 0.717) is 9.47 Å². The molecule has 1 aromatic heterocycles. The first-order chi connectivity index (χ1) is 17.9. The van der Waals surface area contributed by atoms with E-state index in [0.717, 1.165) is 48.3 Å². The van der Waals surface area contributed by atoms with Crippen molar-refractivity contribution in [2.75, 3.05) is 23.5 Å². The van der Waals surface area contributed by atoms with Gasteiger partial charge in [0.1, 0.15) is 11.4 Å². The first-order valence-corrected chi connectivity index (χ1v) is 12.9. The van der Waals surface area contributed by atoms with E-state index in [1.54, 1.807) is 0 Å². The Morgan fingerprint density at radius 3 is 2.21 bits per heavy atom. The molecular formula is C23H21F7N4O4S. The summed E-state index contributed by atoms with van der Waals surface area (Å²) in [6, 6.07) is 4.11. The lowest BCUT2D eigenvalue weighted by Crippen LogP contribution is -2.31. The molecule has 0 radical (unpaired) electrons. The number of amides is 1. The summed E-state index contributed by atoms with van der Waals surface area (Å²) in [5.74, 6) is -2.39. The van der Waals surface area contributed by atoms with Crippen LogP contribution < -0.4 is 15.3 Å². The normalized spacial score (nSPS) is 13.7. The van der Waals surface area contributed by atoms with E-state index in [9.17, 15) is 44.5 Å². The Kier molecular flexibility index (Phi) is 8.19. The molecule has 1 heterocycles. The first-order valence-electron chi connectivity index (χ1n) is 11.0. The van der Waals surface area contributed by atoms with Crippen molar-refractivity contribution in [3.63, 3.8) is 0 Å². The Hall–Kier alpha value is -3.82. The third kappa shape index (κ3) is 6.79. The second kappa shape index (κ2) is 10.7. The number of alkyl halides is 6. The van der Waals surface area contributed by atoms with Crippen LogP contribution in [0.5, 0.6) is 5.75 Å². The lowest BCUT2D eigenvalue weighted by Gasteiger charge is -2.22. The molecule has 1 atom stereocenters. The number of halogens is 7. The number of nitrogens with zero attached hydrogens (tertiary/aromatic N) is 3. The van der Waals surface area contributed by atoms with E-state index < -0.39 is 62.2 Å². The number of imidazole rings is 1. The SMILES string of the molecule is CCS(=N)(=O)CCn1ccn(-c2cc(C(F)(F)F)cc(C(F)(F)F)c2OC(=O)N(C)c2ccc(F)cc2)c1=O. The monoisotopic (exact) mass is 582 g/mol. The predicted octanol–water partition coefficient (Wildman–Crippen LogP) is 5.52. The molecule has 0 fully saturated rings. The minimum absolute atomic E-state index is 0.0124. The third-order valence-corrected chi connectivity index (χ3v) is 7.39. The molecule has 16 heteroatoms. The van der Waals surface area contributed by atoms with Crippen LogP contribution in [0.2, 0.25) is 0 Å². The van der Waals surface area contributed by atoms with Crippen molar-refractivity contribution in [2.45, 2.75) is 25.8 Å². The molecule has 0 spiro atoms. The summed E-state index contributed by atoms with van der Waals surface area (Å²) in [6.07, 6.45) is -10.3. The standard InChI is InChI=1S/C23H21F7N4O4S/c1-3-39(31,37)11-10-33-8-9-34(20(33)35)18-13-14(22(25,26)27)12-17(23(28,29)30)19(18)38-21(36)32(2)16-6-4-15(24)5-7-16/h4-9,12-13,31H,3,10-11H2,1-2H3. The van der Waals surface area contributed by atoms with Crippen molar-refractivity contribution in [1.29, 1.82) is 4.78 Å². The fraction of sp³-hybridized carbons (Fsp3) is 0.304. The zero-order chi connectivity index (χ0) is 29.3. The Labute approximate surface area is 217 Å². The number of aryl methyl sites for hydroxylation is 1. The van der Waals surface area contributed by atoms with Crippen LogP contribution in [0.15, 0.2) is 53.6 Å². The van der Waals surface area contributed by atoms with Gasteiger partial charge in [-0.3, -0.25) is 18.8 Å². The van der Waals surface area contributed by atoms with Crippen LogP contribution >= 0.6 is 0 Å². The molecular weight excluding hydrogens is 561 g/mol. The van der Waals surface area contributed by atoms with Gasteiger partial charge in [-0.1, -0.05) is 6.92 Å². The summed E-state index contributed by atoms with van der Waals surface area (Å²) in [4.78, 5) is 26.4. The second-order valence-electron chi connectivity index (χ2n) is 8.22. The Bertz CT molecular complexity index is 1530. The van der Waals surface area contributed by atoms with Gasteiger partial charge in [-0.15, -0.1) is 0 Å². The Balaban J connectivity index is 2.19. The topological polar surface area (TPSA) is 97.4 Å². The van der Waals surface area contributed by atoms with E-state index in [-0.39, 0.29) is 35.9 Å². The zero-order valence-electron chi connectivity index (χ0n) is 20.3. The molecule has 3 aromatic rings. The molecule has 212 valence electrons. The van der Waals surface area contributed by atoms with Crippen molar-refractivity contribution in [2.24, 2.45) is 0 Å². The maximum Gasteiger partial charge on any atom is 0.420 e. The van der Waals surface area contributed by atoms with Gasteiger partial charge in [0, 0.05) is 52.9 Å². The fourth-order valence-electron chi connectivity index (χ4n) is 3.36. The zero-order valence-corrected chi connectivity index (χ0v) is 21.1. The second-order valence-corrected chi connectivity index (χ2v) is 10.8. The molecule has 0 bridgehead atoms. The quantitative estimate of drug-likeness (QED) is 0.371. The van der Waals surface area contributed by atoms with Crippen LogP contribution in [0.4, 0.5) is 41.2 Å². The minimum atomic E-state index is -5.45. The largest absolute Gasteiger partial charge is 0.420 e. The molecule has 0 saturated carbocycles. The van der Waals surface area contributed by atoms with Gasteiger partial charge >= 0.3 is 24.1 Å². The van der Waals surface area contributed by atoms with Crippen molar-refractivity contribution in [3.8, 4) is 11.4 Å². The van der Waals surface area contributed by atoms with Crippen molar-refractivity contribution >= 4 is 21.5 Å². The molecule has 8 nitrogen and oxygen atoms in total. The molecule has 0 saturated heterocycles. The lowest BCUT2D eigenvalue weighted by atomic mass is 10.1. The average Bonchev–Trinajstić information content (AvgIpc) is 3.21. The van der Waals surface area contributed by atoms with Crippen LogP contribution in [0.25, 0.3) is 5.69 Å². The van der Waals surface area contributed by atoms with Crippen LogP contribution in [0, 0.1) is 10.6 Å². The van der Waals surface area contributed by atoms with Gasteiger partial charge in [0.25, 0.3) is 0 Å². The minimum Gasteiger partial charge on any atom is -0.407 e. The van der Waals surface area contributed by atoms with Gasteiger partial charge in [-0.2, -0.15) is 26.3 Å². The van der Waals surface area contributed by atoms with E-state index in [1.807, 2.05) is 0 Å². The molecule has 0 aliphatic carbocycles. The van der Waals surface area contributed by atoms with Gasteiger partial charge in [0.2, 0.25) is 0 Å². The van der Waals surface area contributed by atoms with E-state index in [1.165, 1.54) is 6.92 Å². The number of carbonyl (C=O) groups is 1. The van der Waals surface area contributed by atoms with Gasteiger partial charge in [0.15, 0.2) is 5.75 Å². The number of carbonyl (C=O) groups excluding carboxylic acids is 1. The smallest absolute Gasteiger partial charge is 0.407 e. The first kappa shape index (κ1) is 29.7. The van der Waals surface area contributed by atoms with Crippen LogP contribution in [0.3, 0.4) is 0 Å². The van der Waals surface area contributed by atoms with Crippen molar-refractivity contribution in [1.82, 2.24) is 9.13 Å². The van der Waals surface area contributed by atoms with E-state index >= 15 is 0 Å². The van der Waals surface area contributed by atoms with Gasteiger partial charge < -0.3 is 4.74 Å². The summed E-state index contributed by atoms with van der Waals surface area (Å²) in [5.41, 5.74) is -5.92. The summed E-state index contributed by atoms with van der Waals surface area (Å²) >= 11 is 0. The van der Waals surface area contributed by atoms with Crippen LogP contribution in [0.1, 0.15) is 18.1 Å². The molecule has 0 aliphatic heterocycles. The highest BCUT2D eigenvalue weighted by atomic mass is 32.2. The third-order valence-electron chi connectivity index (χ3n) is 5.61. The number of anilines is 1. The number of benzene rings is 2. The highest BCUT2D eigenvalue weighted by Gasteiger charge is 2.42. The molecule has 1 N–H and O–H groups in total. The predicted molar refractivity (Wildman–Crippen MR) is 127 cm³/mol. The lowest BCUT2D eigenvalue weighted by molar-refractivity contribution is -0.143. The number of hydrogen-bond acceptors (Lipinski definition) is 5. The van der Waals surface area contributed by atoms with Gasteiger partial charge in [-0.25, -0.2) is 18.2 Å². The van der Waals surface area contributed by atoms with Crippen LogP contribution in [-0.2, 0) is 28.6 Å². The Morgan fingerprint density at radius 1 is 1.05 bits per heavy atom. The van der Waals surface area contributed by atoms with E-state index in [4.69, 9.17) is 9.52 Å². The number of nitrogens with one attached hydrogen (secondary N) is 1. The van der Waals surface area contributed by atoms with Gasteiger partial charge in [0.05, 0.1) is 11.3 Å². The maximum atomic E-state index is 14.0. The number of aromatic nitrogens is 2. The summed E-state index contributed by atoms with van der Waals surface area (Å²) in [6.45, 7) is 1.17.